The highest BCUT2D eigenvalue weighted by Crippen LogP contribution is 2.37. The molecule has 196 valence electrons. The van der Waals surface area contributed by atoms with E-state index >= 15 is 0 Å². The number of aryl methyl sites for hydroxylation is 1. The Morgan fingerprint density at radius 3 is 2.59 bits per heavy atom. The largest absolute Gasteiger partial charge is 0.378 e. The van der Waals surface area contributed by atoms with Gasteiger partial charge in [0.05, 0.1) is 25.3 Å². The van der Waals surface area contributed by atoms with Crippen molar-refractivity contribution in [3.05, 3.63) is 41.6 Å². The van der Waals surface area contributed by atoms with E-state index in [1.54, 1.807) is 5.48 Å². The molecule has 2 N–H and O–H groups in total. The zero-order valence-corrected chi connectivity index (χ0v) is 21.4. The van der Waals surface area contributed by atoms with E-state index < -0.39 is 5.91 Å². The van der Waals surface area contributed by atoms with Gasteiger partial charge in [-0.15, -0.1) is 0 Å². The van der Waals surface area contributed by atoms with Crippen molar-refractivity contribution in [2.45, 2.75) is 19.8 Å². The van der Waals surface area contributed by atoms with Crippen LogP contribution in [0.15, 0.2) is 51.0 Å². The van der Waals surface area contributed by atoms with Crippen molar-refractivity contribution in [1.29, 1.82) is 0 Å². The standard InChI is InChI=1S/C26H34N8O3/c1-5-6-19-7-9-20(10-8-19)23-30-24(22(28-3)25(31-23)34-13-15-37-16-14-34)33(4)12-11-29-18-21(17-27-2)26(35)32-36/h7-10,17-18,36H,2-3,5-6,11-16H2,1,4H3,(H,32,35)/b21-17+,29-18?. The lowest BCUT2D eigenvalue weighted by atomic mass is 10.1. The van der Waals surface area contributed by atoms with Crippen molar-refractivity contribution in [2.75, 3.05) is 56.2 Å². The minimum Gasteiger partial charge on any atom is -0.378 e. The van der Waals surface area contributed by atoms with Gasteiger partial charge in [-0.25, -0.2) is 15.4 Å². The van der Waals surface area contributed by atoms with Crippen molar-refractivity contribution in [3.8, 4) is 11.4 Å². The summed E-state index contributed by atoms with van der Waals surface area (Å²) in [5.41, 5.74) is 4.43. The summed E-state index contributed by atoms with van der Waals surface area (Å²) in [5, 5.41) is 8.86. The number of rotatable bonds is 12. The summed E-state index contributed by atoms with van der Waals surface area (Å²) in [5.74, 6) is 1.23. The van der Waals surface area contributed by atoms with Gasteiger partial charge in [0.1, 0.15) is 5.69 Å². The molecule has 1 aromatic carbocycles. The summed E-state index contributed by atoms with van der Waals surface area (Å²) >= 11 is 0. The number of aliphatic imine (C=N–C) groups is 3. The third kappa shape index (κ3) is 7.28. The molecule has 11 heteroatoms. The highest BCUT2D eigenvalue weighted by Gasteiger charge is 2.23. The number of carbonyl (C=O) groups is 1. The third-order valence-corrected chi connectivity index (χ3v) is 5.82. The quantitative estimate of drug-likeness (QED) is 0.196. The summed E-state index contributed by atoms with van der Waals surface area (Å²) < 4.78 is 5.53. The molecule has 1 aromatic heterocycles. The van der Waals surface area contributed by atoms with Crippen LogP contribution in [0.5, 0.6) is 0 Å². The summed E-state index contributed by atoms with van der Waals surface area (Å²) in [6.45, 7) is 12.7. The Hall–Kier alpha value is -3.96. The number of likely N-dealkylation sites (N-methyl/N-ethyl adjacent to an activating group) is 1. The zero-order chi connectivity index (χ0) is 26.6. The second kappa shape index (κ2) is 14.0. The summed E-state index contributed by atoms with van der Waals surface area (Å²) in [4.78, 5) is 37.7. The molecule has 0 aliphatic carbocycles. The van der Waals surface area contributed by atoms with Crippen LogP contribution in [0.2, 0.25) is 0 Å². The molecule has 0 unspecified atom stereocenters. The van der Waals surface area contributed by atoms with Crippen LogP contribution in [-0.4, -0.2) is 87.2 Å². The minimum absolute atomic E-state index is 0.0825. The number of benzene rings is 1. The monoisotopic (exact) mass is 506 g/mol. The van der Waals surface area contributed by atoms with E-state index in [4.69, 9.17) is 19.9 Å². The number of amides is 1. The van der Waals surface area contributed by atoms with Gasteiger partial charge in [-0.1, -0.05) is 37.6 Å². The maximum atomic E-state index is 11.7. The fourth-order valence-electron chi connectivity index (χ4n) is 3.86. The van der Waals surface area contributed by atoms with Gasteiger partial charge in [-0.2, -0.15) is 0 Å². The van der Waals surface area contributed by atoms with E-state index in [1.807, 2.05) is 24.1 Å². The first-order chi connectivity index (χ1) is 18.0. The Morgan fingerprint density at radius 1 is 1.24 bits per heavy atom. The topological polar surface area (TPSA) is 128 Å². The van der Waals surface area contributed by atoms with Crippen LogP contribution in [0, 0.1) is 0 Å². The molecule has 1 fully saturated rings. The molecule has 2 heterocycles. The first-order valence-electron chi connectivity index (χ1n) is 12.1. The molecule has 1 saturated heterocycles. The molecular formula is C26H34N8O3. The van der Waals surface area contributed by atoms with Gasteiger partial charge < -0.3 is 14.5 Å². The molecule has 37 heavy (non-hydrogen) atoms. The number of aromatic nitrogens is 2. The molecule has 11 nitrogen and oxygen atoms in total. The van der Waals surface area contributed by atoms with Crippen LogP contribution in [-0.2, 0) is 16.0 Å². The van der Waals surface area contributed by atoms with E-state index in [-0.39, 0.29) is 5.57 Å². The van der Waals surface area contributed by atoms with Crippen LogP contribution in [0.3, 0.4) is 0 Å². The SMILES string of the molecule is C=N/C=C(\C=NCCN(C)c1nc(-c2ccc(CCC)cc2)nc(N2CCOCC2)c1N=C)C(=O)NO. The Kier molecular flexibility index (Phi) is 10.4. The average molecular weight is 507 g/mol. The highest BCUT2D eigenvalue weighted by atomic mass is 16.5. The minimum atomic E-state index is -0.719. The van der Waals surface area contributed by atoms with Gasteiger partial charge in [-0.05, 0) is 25.4 Å². The number of nitrogens with one attached hydrogen (secondary N) is 1. The first-order valence-corrected chi connectivity index (χ1v) is 12.1. The lowest BCUT2D eigenvalue weighted by Crippen LogP contribution is -2.37. The number of morpholine rings is 1. The van der Waals surface area contributed by atoms with E-state index in [0.717, 1.165) is 18.4 Å². The fraction of sp³-hybridized carbons (Fsp3) is 0.385. The van der Waals surface area contributed by atoms with Crippen molar-refractivity contribution >= 4 is 42.9 Å². The Balaban J connectivity index is 1.92. The van der Waals surface area contributed by atoms with Crippen LogP contribution in [0.25, 0.3) is 11.4 Å². The summed E-state index contributed by atoms with van der Waals surface area (Å²) in [7, 11) is 1.90. The molecule has 2 aromatic rings. The molecule has 1 aliphatic heterocycles. The molecule has 0 spiro atoms. The maximum absolute atomic E-state index is 11.7. The number of hydroxylamine groups is 1. The number of anilines is 2. The van der Waals surface area contributed by atoms with Crippen LogP contribution in [0.1, 0.15) is 18.9 Å². The van der Waals surface area contributed by atoms with Gasteiger partial charge in [0, 0.05) is 44.7 Å². The predicted octanol–water partition coefficient (Wildman–Crippen LogP) is 2.86. The van der Waals surface area contributed by atoms with E-state index in [2.05, 4.69) is 52.4 Å². The second-order valence-electron chi connectivity index (χ2n) is 8.41. The molecule has 1 amide bonds. The van der Waals surface area contributed by atoms with E-state index in [1.165, 1.54) is 18.0 Å². The number of hydrogen-bond donors (Lipinski definition) is 2. The highest BCUT2D eigenvalue weighted by molar-refractivity contribution is 6.11. The number of nitrogens with zero attached hydrogens (tertiary/aromatic N) is 7. The van der Waals surface area contributed by atoms with Crippen LogP contribution >= 0.6 is 0 Å². The Bertz CT molecular complexity index is 1140. The normalized spacial score (nSPS) is 14.0. The Labute approximate surface area is 217 Å². The van der Waals surface area contributed by atoms with E-state index in [0.29, 0.717) is 62.5 Å². The average Bonchev–Trinajstić information content (AvgIpc) is 2.94. The summed E-state index contributed by atoms with van der Waals surface area (Å²) in [6, 6.07) is 8.32. The van der Waals surface area contributed by atoms with E-state index in [9.17, 15) is 4.79 Å². The molecule has 1 aliphatic rings. The summed E-state index contributed by atoms with van der Waals surface area (Å²) in [6.07, 6.45) is 4.66. The van der Waals surface area contributed by atoms with Gasteiger partial charge in [0.2, 0.25) is 0 Å². The number of carbonyl (C=O) groups excluding carboxylic acids is 1. The molecule has 0 saturated carbocycles. The first kappa shape index (κ1) is 27.6. The lowest BCUT2D eigenvalue weighted by molar-refractivity contribution is -0.124. The van der Waals surface area contributed by atoms with Crippen molar-refractivity contribution in [2.24, 2.45) is 15.0 Å². The van der Waals surface area contributed by atoms with Gasteiger partial charge in [0.25, 0.3) is 5.91 Å². The van der Waals surface area contributed by atoms with Gasteiger partial charge >= 0.3 is 0 Å². The van der Waals surface area contributed by atoms with Crippen LogP contribution in [0.4, 0.5) is 17.3 Å². The molecular weight excluding hydrogens is 472 g/mol. The van der Waals surface area contributed by atoms with Crippen molar-refractivity contribution < 1.29 is 14.7 Å². The predicted molar refractivity (Wildman–Crippen MR) is 148 cm³/mol. The lowest BCUT2D eigenvalue weighted by Gasteiger charge is -2.30. The number of ether oxygens (including phenoxy) is 1. The molecule has 0 atom stereocenters. The molecule has 3 rings (SSSR count). The van der Waals surface area contributed by atoms with Gasteiger partial charge in [-0.3, -0.25) is 25.0 Å². The smallest absolute Gasteiger partial charge is 0.277 e. The second-order valence-corrected chi connectivity index (χ2v) is 8.41. The maximum Gasteiger partial charge on any atom is 0.277 e. The molecule has 0 bridgehead atoms. The van der Waals surface area contributed by atoms with Gasteiger partial charge in [0.15, 0.2) is 17.5 Å². The van der Waals surface area contributed by atoms with Crippen LogP contribution < -0.4 is 15.3 Å². The fourth-order valence-corrected chi connectivity index (χ4v) is 3.86. The van der Waals surface area contributed by atoms with Crippen molar-refractivity contribution in [1.82, 2.24) is 15.4 Å². The zero-order valence-electron chi connectivity index (χ0n) is 21.4. The number of hydrogen-bond acceptors (Lipinski definition) is 10. The Morgan fingerprint density at radius 2 is 1.97 bits per heavy atom. The van der Waals surface area contributed by atoms with Crippen molar-refractivity contribution in [3.63, 3.8) is 0 Å². The molecule has 0 radical (unpaired) electrons. The third-order valence-electron chi connectivity index (χ3n) is 5.82.